The molecule has 1 atom stereocenters. The van der Waals surface area contributed by atoms with Crippen LogP contribution in [0.1, 0.15) is 28.4 Å². The lowest BCUT2D eigenvalue weighted by Gasteiger charge is -2.16. The predicted molar refractivity (Wildman–Crippen MR) is 88.0 cm³/mol. The van der Waals surface area contributed by atoms with Crippen molar-refractivity contribution in [2.45, 2.75) is 26.9 Å². The highest BCUT2D eigenvalue weighted by Crippen LogP contribution is 2.21. The van der Waals surface area contributed by atoms with Crippen LogP contribution < -0.4 is 10.1 Å². The molecule has 0 unspecified atom stereocenters. The minimum atomic E-state index is -1.01. The Hall–Kier alpha value is -2.82. The van der Waals surface area contributed by atoms with E-state index in [1.165, 1.54) is 12.1 Å². The third kappa shape index (κ3) is 4.32. The number of benzene rings is 2. The number of amides is 1. The molecule has 2 rings (SSSR count). The number of carboxylic acids is 1. The monoisotopic (exact) mass is 313 g/mol. The molecule has 0 fully saturated rings. The van der Waals surface area contributed by atoms with Crippen molar-refractivity contribution in [3.05, 3.63) is 59.2 Å². The summed E-state index contributed by atoms with van der Waals surface area (Å²) in [5.41, 5.74) is 2.71. The number of carbonyl (C=O) groups excluding carboxylic acids is 1. The van der Waals surface area contributed by atoms with E-state index >= 15 is 0 Å². The number of ether oxygens (including phenoxy) is 1. The van der Waals surface area contributed by atoms with Crippen LogP contribution in [-0.4, -0.2) is 23.1 Å². The Bertz CT molecular complexity index is 722. The van der Waals surface area contributed by atoms with Crippen molar-refractivity contribution < 1.29 is 19.4 Å². The molecule has 2 aromatic carbocycles. The van der Waals surface area contributed by atoms with Gasteiger partial charge < -0.3 is 15.2 Å². The number of aromatic carboxylic acids is 1. The third-order valence-electron chi connectivity index (χ3n) is 3.42. The minimum absolute atomic E-state index is 0.169. The lowest BCUT2D eigenvalue weighted by atomic mass is 10.1. The first-order valence-electron chi connectivity index (χ1n) is 7.25. The van der Waals surface area contributed by atoms with Crippen molar-refractivity contribution in [2.75, 3.05) is 5.32 Å². The van der Waals surface area contributed by atoms with Crippen molar-refractivity contribution in [1.29, 1.82) is 0 Å². The average Bonchev–Trinajstić information content (AvgIpc) is 2.51. The Morgan fingerprint density at radius 2 is 1.74 bits per heavy atom. The second-order valence-corrected chi connectivity index (χ2v) is 5.40. The maximum absolute atomic E-state index is 12.2. The quantitative estimate of drug-likeness (QED) is 0.887. The Morgan fingerprint density at radius 1 is 1.09 bits per heavy atom. The van der Waals surface area contributed by atoms with E-state index in [0.29, 0.717) is 11.4 Å². The van der Waals surface area contributed by atoms with Gasteiger partial charge in [0.2, 0.25) is 0 Å². The molecule has 0 radical (unpaired) electrons. The number of nitrogens with one attached hydrogen (secondary N) is 1. The molecule has 0 saturated heterocycles. The summed E-state index contributed by atoms with van der Waals surface area (Å²) in [6.07, 6.45) is -0.672. The summed E-state index contributed by atoms with van der Waals surface area (Å²) in [6.45, 7) is 5.55. The molecule has 5 nitrogen and oxygen atoms in total. The number of hydrogen-bond donors (Lipinski definition) is 2. The smallest absolute Gasteiger partial charge is 0.335 e. The van der Waals surface area contributed by atoms with Gasteiger partial charge in [0.1, 0.15) is 5.75 Å². The first-order chi connectivity index (χ1) is 10.9. The summed E-state index contributed by atoms with van der Waals surface area (Å²) in [7, 11) is 0. The summed E-state index contributed by atoms with van der Waals surface area (Å²) in [5.74, 6) is -0.627. The van der Waals surface area contributed by atoms with Gasteiger partial charge in [-0.3, -0.25) is 4.79 Å². The fourth-order valence-electron chi connectivity index (χ4n) is 2.02. The predicted octanol–water partition coefficient (Wildman–Crippen LogP) is 3.41. The van der Waals surface area contributed by atoms with Crippen molar-refractivity contribution in [3.63, 3.8) is 0 Å². The Labute approximate surface area is 134 Å². The normalized spacial score (nSPS) is 11.6. The van der Waals surface area contributed by atoms with Crippen LogP contribution in [0.15, 0.2) is 42.5 Å². The van der Waals surface area contributed by atoms with Gasteiger partial charge in [0.25, 0.3) is 5.91 Å². The number of hydrogen-bond acceptors (Lipinski definition) is 3. The van der Waals surface area contributed by atoms with Crippen LogP contribution in [0.3, 0.4) is 0 Å². The van der Waals surface area contributed by atoms with Crippen LogP contribution in [0.2, 0.25) is 0 Å². The Kier molecular flexibility index (Phi) is 5.01. The van der Waals surface area contributed by atoms with Crippen molar-refractivity contribution in [3.8, 4) is 5.75 Å². The SMILES string of the molecule is Cc1ccc(C)c(O[C@@H](C)C(=O)Nc2ccc(C(=O)O)cc2)c1. The summed E-state index contributed by atoms with van der Waals surface area (Å²) in [4.78, 5) is 23.0. The molecule has 120 valence electrons. The van der Waals surface area contributed by atoms with E-state index in [-0.39, 0.29) is 11.5 Å². The molecule has 23 heavy (non-hydrogen) atoms. The van der Waals surface area contributed by atoms with E-state index in [2.05, 4.69) is 5.32 Å². The van der Waals surface area contributed by atoms with Crippen LogP contribution in [0.4, 0.5) is 5.69 Å². The number of aryl methyl sites for hydroxylation is 2. The van der Waals surface area contributed by atoms with Gasteiger partial charge in [-0.1, -0.05) is 12.1 Å². The molecule has 2 aromatic rings. The van der Waals surface area contributed by atoms with E-state index < -0.39 is 12.1 Å². The summed E-state index contributed by atoms with van der Waals surface area (Å²) < 4.78 is 5.72. The Balaban J connectivity index is 2.02. The maximum Gasteiger partial charge on any atom is 0.335 e. The first kappa shape index (κ1) is 16.5. The largest absolute Gasteiger partial charge is 0.481 e. The molecule has 0 bridgehead atoms. The van der Waals surface area contributed by atoms with Crippen LogP contribution >= 0.6 is 0 Å². The van der Waals surface area contributed by atoms with Crippen molar-refractivity contribution in [1.82, 2.24) is 0 Å². The number of carboxylic acid groups (broad SMARTS) is 1. The number of anilines is 1. The molecule has 5 heteroatoms. The fraction of sp³-hybridized carbons (Fsp3) is 0.222. The molecule has 0 spiro atoms. The Morgan fingerprint density at radius 3 is 2.35 bits per heavy atom. The van der Waals surface area contributed by atoms with Gasteiger partial charge in [-0.25, -0.2) is 4.79 Å². The molecule has 0 aliphatic carbocycles. The zero-order valence-corrected chi connectivity index (χ0v) is 13.3. The van der Waals surface area contributed by atoms with Gasteiger partial charge in [-0.15, -0.1) is 0 Å². The fourth-order valence-corrected chi connectivity index (χ4v) is 2.02. The van der Waals surface area contributed by atoms with E-state index in [1.54, 1.807) is 19.1 Å². The maximum atomic E-state index is 12.2. The second kappa shape index (κ2) is 6.96. The van der Waals surface area contributed by atoms with Crippen molar-refractivity contribution >= 4 is 17.6 Å². The average molecular weight is 313 g/mol. The summed E-state index contributed by atoms with van der Waals surface area (Å²) in [5, 5.41) is 11.6. The standard InChI is InChI=1S/C18H19NO4/c1-11-4-5-12(2)16(10-11)23-13(3)17(20)19-15-8-6-14(7-9-15)18(21)22/h4-10,13H,1-3H3,(H,19,20)(H,21,22)/t13-/m0/s1. The lowest BCUT2D eigenvalue weighted by Crippen LogP contribution is -2.30. The van der Waals surface area contributed by atoms with Gasteiger partial charge in [0, 0.05) is 5.69 Å². The highest BCUT2D eigenvalue weighted by Gasteiger charge is 2.16. The highest BCUT2D eigenvalue weighted by molar-refractivity contribution is 5.95. The topological polar surface area (TPSA) is 75.6 Å². The number of rotatable bonds is 5. The zero-order chi connectivity index (χ0) is 17.0. The lowest BCUT2D eigenvalue weighted by molar-refractivity contribution is -0.122. The zero-order valence-electron chi connectivity index (χ0n) is 13.3. The first-order valence-corrected chi connectivity index (χ1v) is 7.25. The van der Waals surface area contributed by atoms with Gasteiger partial charge in [0.05, 0.1) is 5.56 Å². The second-order valence-electron chi connectivity index (χ2n) is 5.40. The van der Waals surface area contributed by atoms with Crippen LogP contribution in [0.5, 0.6) is 5.75 Å². The van der Waals surface area contributed by atoms with E-state index in [9.17, 15) is 9.59 Å². The molecule has 1 amide bonds. The minimum Gasteiger partial charge on any atom is -0.481 e. The summed E-state index contributed by atoms with van der Waals surface area (Å²) >= 11 is 0. The van der Waals surface area contributed by atoms with Crippen molar-refractivity contribution in [2.24, 2.45) is 0 Å². The molecular weight excluding hydrogens is 294 g/mol. The van der Waals surface area contributed by atoms with Crippen LogP contribution in [0.25, 0.3) is 0 Å². The molecule has 0 aromatic heterocycles. The molecule has 2 N–H and O–H groups in total. The van der Waals surface area contributed by atoms with Gasteiger partial charge in [-0.05, 0) is 62.2 Å². The molecule has 0 aliphatic heterocycles. The number of carbonyl (C=O) groups is 2. The molecule has 0 heterocycles. The highest BCUT2D eigenvalue weighted by atomic mass is 16.5. The third-order valence-corrected chi connectivity index (χ3v) is 3.42. The van der Waals surface area contributed by atoms with E-state index in [0.717, 1.165) is 11.1 Å². The van der Waals surface area contributed by atoms with Gasteiger partial charge >= 0.3 is 5.97 Å². The van der Waals surface area contributed by atoms with Crippen LogP contribution in [-0.2, 0) is 4.79 Å². The molecule has 0 saturated carbocycles. The van der Waals surface area contributed by atoms with E-state index in [4.69, 9.17) is 9.84 Å². The van der Waals surface area contributed by atoms with E-state index in [1.807, 2.05) is 32.0 Å². The molecule has 0 aliphatic rings. The van der Waals surface area contributed by atoms with Gasteiger partial charge in [-0.2, -0.15) is 0 Å². The molecular formula is C18H19NO4. The van der Waals surface area contributed by atoms with Gasteiger partial charge in [0.15, 0.2) is 6.10 Å². The summed E-state index contributed by atoms with van der Waals surface area (Å²) in [6, 6.07) is 11.8. The van der Waals surface area contributed by atoms with Crippen LogP contribution in [0, 0.1) is 13.8 Å².